The molecule has 1 aliphatic rings. The molecule has 2 rings (SSSR count). The first-order valence-electron chi connectivity index (χ1n) is 7.05. The van der Waals surface area contributed by atoms with E-state index in [0.717, 1.165) is 31.5 Å². The normalized spacial score (nSPS) is 16.4. The SMILES string of the molecule is Cc1ccccc1/C=C/NC(=O)N1CCCCCC1. The van der Waals surface area contributed by atoms with Gasteiger partial charge in [-0.1, -0.05) is 37.1 Å². The lowest BCUT2D eigenvalue weighted by molar-refractivity contribution is 0.203. The summed E-state index contributed by atoms with van der Waals surface area (Å²) >= 11 is 0. The predicted molar refractivity (Wildman–Crippen MR) is 78.8 cm³/mol. The lowest BCUT2D eigenvalue weighted by atomic mass is 10.1. The van der Waals surface area contributed by atoms with Crippen molar-refractivity contribution in [1.82, 2.24) is 10.2 Å². The fourth-order valence-electron chi connectivity index (χ4n) is 2.34. The van der Waals surface area contributed by atoms with Crippen LogP contribution in [0.15, 0.2) is 30.5 Å². The molecule has 1 aromatic rings. The Bertz CT molecular complexity index is 446. The van der Waals surface area contributed by atoms with Crippen molar-refractivity contribution in [2.75, 3.05) is 13.1 Å². The Hall–Kier alpha value is -1.77. The monoisotopic (exact) mass is 258 g/mol. The minimum Gasteiger partial charge on any atom is -0.325 e. The van der Waals surface area contributed by atoms with E-state index in [1.54, 1.807) is 6.20 Å². The molecule has 0 bridgehead atoms. The van der Waals surface area contributed by atoms with Crippen molar-refractivity contribution in [3.63, 3.8) is 0 Å². The molecule has 0 atom stereocenters. The average Bonchev–Trinajstić information content (AvgIpc) is 2.70. The molecule has 1 fully saturated rings. The van der Waals surface area contributed by atoms with E-state index in [0.29, 0.717) is 0 Å². The number of benzene rings is 1. The quantitative estimate of drug-likeness (QED) is 0.864. The Labute approximate surface area is 115 Å². The zero-order chi connectivity index (χ0) is 13.5. The molecule has 3 nitrogen and oxygen atoms in total. The van der Waals surface area contributed by atoms with Gasteiger partial charge in [-0.15, -0.1) is 0 Å². The smallest absolute Gasteiger partial charge is 0.321 e. The zero-order valence-corrected chi connectivity index (χ0v) is 11.6. The van der Waals surface area contributed by atoms with Gasteiger partial charge in [0.25, 0.3) is 0 Å². The van der Waals surface area contributed by atoms with Crippen LogP contribution in [-0.2, 0) is 0 Å². The van der Waals surface area contributed by atoms with Crippen LogP contribution in [0.1, 0.15) is 36.8 Å². The van der Waals surface area contributed by atoms with Crippen LogP contribution in [0.2, 0.25) is 0 Å². The lowest BCUT2D eigenvalue weighted by Crippen LogP contribution is -2.38. The summed E-state index contributed by atoms with van der Waals surface area (Å²) in [4.78, 5) is 13.9. The third kappa shape index (κ3) is 4.12. The van der Waals surface area contributed by atoms with Crippen LogP contribution in [0.5, 0.6) is 0 Å². The van der Waals surface area contributed by atoms with Crippen LogP contribution in [0.4, 0.5) is 4.79 Å². The second-order valence-electron chi connectivity index (χ2n) is 5.04. The summed E-state index contributed by atoms with van der Waals surface area (Å²) in [6.45, 7) is 3.82. The first kappa shape index (κ1) is 13.7. The van der Waals surface area contributed by atoms with E-state index >= 15 is 0 Å². The van der Waals surface area contributed by atoms with E-state index in [2.05, 4.69) is 18.3 Å². The van der Waals surface area contributed by atoms with E-state index < -0.39 is 0 Å². The highest BCUT2D eigenvalue weighted by atomic mass is 16.2. The highest BCUT2D eigenvalue weighted by molar-refractivity contribution is 5.76. The van der Waals surface area contributed by atoms with Crippen molar-refractivity contribution in [3.05, 3.63) is 41.6 Å². The predicted octanol–water partition coefficient (Wildman–Crippen LogP) is 3.55. The van der Waals surface area contributed by atoms with Crippen molar-refractivity contribution in [1.29, 1.82) is 0 Å². The van der Waals surface area contributed by atoms with E-state index in [4.69, 9.17) is 0 Å². The average molecular weight is 258 g/mol. The summed E-state index contributed by atoms with van der Waals surface area (Å²) in [5.74, 6) is 0. The lowest BCUT2D eigenvalue weighted by Gasteiger charge is -2.19. The zero-order valence-electron chi connectivity index (χ0n) is 11.6. The molecule has 0 radical (unpaired) electrons. The maximum Gasteiger partial charge on any atom is 0.321 e. The first-order chi connectivity index (χ1) is 9.27. The van der Waals surface area contributed by atoms with Gasteiger partial charge in [0.05, 0.1) is 0 Å². The van der Waals surface area contributed by atoms with Crippen molar-refractivity contribution in [3.8, 4) is 0 Å². The van der Waals surface area contributed by atoms with Gasteiger partial charge in [0.15, 0.2) is 0 Å². The van der Waals surface area contributed by atoms with Crippen molar-refractivity contribution >= 4 is 12.1 Å². The third-order valence-electron chi connectivity index (χ3n) is 3.55. The number of carbonyl (C=O) groups is 1. The van der Waals surface area contributed by atoms with Crippen LogP contribution in [0, 0.1) is 6.92 Å². The minimum atomic E-state index is 0.0201. The van der Waals surface area contributed by atoms with Gasteiger partial charge in [0.2, 0.25) is 0 Å². The number of urea groups is 1. The van der Waals surface area contributed by atoms with E-state index in [9.17, 15) is 4.79 Å². The molecule has 1 aliphatic heterocycles. The number of aryl methyl sites for hydroxylation is 1. The van der Waals surface area contributed by atoms with Gasteiger partial charge >= 0.3 is 6.03 Å². The molecule has 102 valence electrons. The molecule has 0 spiro atoms. The van der Waals surface area contributed by atoms with Gasteiger partial charge in [-0.2, -0.15) is 0 Å². The Morgan fingerprint density at radius 2 is 1.84 bits per heavy atom. The molecule has 1 aromatic carbocycles. The molecule has 0 aliphatic carbocycles. The van der Waals surface area contributed by atoms with Crippen molar-refractivity contribution in [2.24, 2.45) is 0 Å². The summed E-state index contributed by atoms with van der Waals surface area (Å²) in [6, 6.07) is 8.15. The third-order valence-corrected chi connectivity index (χ3v) is 3.55. The molecule has 0 unspecified atom stereocenters. The molecule has 0 aromatic heterocycles. The summed E-state index contributed by atoms with van der Waals surface area (Å²) in [5, 5.41) is 2.86. The number of rotatable bonds is 2. The highest BCUT2D eigenvalue weighted by Crippen LogP contribution is 2.10. The minimum absolute atomic E-state index is 0.0201. The topological polar surface area (TPSA) is 32.3 Å². The van der Waals surface area contributed by atoms with Gasteiger partial charge in [-0.25, -0.2) is 4.79 Å². The second-order valence-corrected chi connectivity index (χ2v) is 5.04. The van der Waals surface area contributed by atoms with Crippen LogP contribution >= 0.6 is 0 Å². The number of amides is 2. The summed E-state index contributed by atoms with van der Waals surface area (Å²) in [5.41, 5.74) is 2.35. The number of nitrogens with zero attached hydrogens (tertiary/aromatic N) is 1. The molecule has 3 heteroatoms. The first-order valence-corrected chi connectivity index (χ1v) is 7.05. The maximum atomic E-state index is 12.0. The summed E-state index contributed by atoms with van der Waals surface area (Å²) in [6.07, 6.45) is 8.41. The van der Waals surface area contributed by atoms with Gasteiger partial charge in [-0.3, -0.25) is 0 Å². The van der Waals surface area contributed by atoms with E-state index in [1.807, 2.05) is 29.2 Å². The molecular formula is C16H22N2O. The second kappa shape index (κ2) is 6.98. The number of nitrogens with one attached hydrogen (secondary N) is 1. The molecular weight excluding hydrogens is 236 g/mol. The number of hydrogen-bond acceptors (Lipinski definition) is 1. The maximum absolute atomic E-state index is 12.0. The molecule has 2 amide bonds. The summed E-state index contributed by atoms with van der Waals surface area (Å²) < 4.78 is 0. The Morgan fingerprint density at radius 1 is 1.16 bits per heavy atom. The Kier molecular flexibility index (Phi) is 5.01. The Morgan fingerprint density at radius 3 is 2.53 bits per heavy atom. The van der Waals surface area contributed by atoms with Gasteiger partial charge in [0, 0.05) is 19.3 Å². The van der Waals surface area contributed by atoms with Crippen LogP contribution in [0.3, 0.4) is 0 Å². The van der Waals surface area contributed by atoms with E-state index in [1.165, 1.54) is 18.4 Å². The molecule has 0 saturated carbocycles. The summed E-state index contributed by atoms with van der Waals surface area (Å²) in [7, 11) is 0. The van der Waals surface area contributed by atoms with E-state index in [-0.39, 0.29) is 6.03 Å². The fraction of sp³-hybridized carbons (Fsp3) is 0.438. The number of likely N-dealkylation sites (tertiary alicyclic amines) is 1. The van der Waals surface area contributed by atoms with Crippen molar-refractivity contribution in [2.45, 2.75) is 32.6 Å². The fourth-order valence-corrected chi connectivity index (χ4v) is 2.34. The molecule has 1 N–H and O–H groups in total. The number of hydrogen-bond donors (Lipinski definition) is 1. The van der Waals surface area contributed by atoms with Crippen LogP contribution < -0.4 is 5.32 Å². The van der Waals surface area contributed by atoms with Crippen molar-refractivity contribution < 1.29 is 4.79 Å². The molecule has 1 heterocycles. The largest absolute Gasteiger partial charge is 0.325 e. The van der Waals surface area contributed by atoms with Crippen LogP contribution in [0.25, 0.3) is 6.08 Å². The number of carbonyl (C=O) groups excluding carboxylic acids is 1. The van der Waals surface area contributed by atoms with Crippen LogP contribution in [-0.4, -0.2) is 24.0 Å². The standard InChI is InChI=1S/C16H22N2O/c1-14-8-4-5-9-15(14)10-11-17-16(19)18-12-6-2-3-7-13-18/h4-5,8-11H,2-3,6-7,12-13H2,1H3,(H,17,19)/b11-10+. The highest BCUT2D eigenvalue weighted by Gasteiger charge is 2.13. The Balaban J connectivity index is 1.87. The van der Waals surface area contributed by atoms with Gasteiger partial charge < -0.3 is 10.2 Å². The molecule has 1 saturated heterocycles. The van der Waals surface area contributed by atoms with Gasteiger partial charge in [-0.05, 0) is 37.0 Å². The van der Waals surface area contributed by atoms with Gasteiger partial charge in [0.1, 0.15) is 0 Å². The molecule has 19 heavy (non-hydrogen) atoms.